The van der Waals surface area contributed by atoms with Crippen molar-refractivity contribution in [3.8, 4) is 39.1 Å². The summed E-state index contributed by atoms with van der Waals surface area (Å²) in [5.41, 5.74) is 7.97. The van der Waals surface area contributed by atoms with Crippen LogP contribution in [-0.2, 0) is 6.42 Å². The lowest BCUT2D eigenvalue weighted by atomic mass is 9.83. The van der Waals surface area contributed by atoms with Gasteiger partial charge in [-0.05, 0) is 84.6 Å². The molecule has 0 bridgehead atoms. The first-order valence-electron chi connectivity index (χ1n) is 18.5. The van der Waals surface area contributed by atoms with E-state index in [4.69, 9.17) is 11.8 Å². The van der Waals surface area contributed by atoms with Crippen molar-refractivity contribution in [3.63, 3.8) is 0 Å². The van der Waals surface area contributed by atoms with E-state index in [0.29, 0.717) is 5.56 Å². The molecule has 0 unspecified atom stereocenters. The molecule has 0 fully saturated rings. The zero-order valence-corrected chi connectivity index (χ0v) is 25.8. The number of benzene rings is 8. The number of hydrogen-bond acceptors (Lipinski definition) is 1. The summed E-state index contributed by atoms with van der Waals surface area (Å²) in [5.74, 6) is 0.992. The number of rotatable bonds is 5. The first-order valence-corrected chi connectivity index (χ1v) is 16.0. The average molecular weight is 606 g/mol. The number of fused-ring (bicyclic) bond motifs is 4. The molecule has 2 heteroatoms. The lowest BCUT2D eigenvalue weighted by Gasteiger charge is -2.21. The Hall–Kier alpha value is -5.99. The summed E-state index contributed by atoms with van der Waals surface area (Å²) in [5, 5.41) is 5.66. The van der Waals surface area contributed by atoms with Gasteiger partial charge in [0.15, 0.2) is 0 Å². The maximum Gasteiger partial charge on any atom is 0.114 e. The third-order valence-electron chi connectivity index (χ3n) is 9.24. The van der Waals surface area contributed by atoms with E-state index in [1.54, 1.807) is 0 Å². The fourth-order valence-corrected chi connectivity index (χ4v) is 7.20. The molecule has 2 nitrogen and oxygen atoms in total. The number of imidazole rings is 1. The van der Waals surface area contributed by atoms with Crippen molar-refractivity contribution >= 4 is 43.4 Å². The van der Waals surface area contributed by atoms with Crippen LogP contribution in [0.4, 0.5) is 0 Å². The number of aryl methyl sites for hydroxylation is 1. The number of aromatic nitrogens is 2. The molecule has 8 aromatic carbocycles. The smallest absolute Gasteiger partial charge is 0.114 e. The van der Waals surface area contributed by atoms with Gasteiger partial charge < -0.3 is 0 Å². The molecule has 0 spiro atoms. The highest BCUT2D eigenvalue weighted by atomic mass is 15.1. The lowest BCUT2D eigenvalue weighted by molar-refractivity contribution is 0.913. The molecule has 47 heavy (non-hydrogen) atoms. The van der Waals surface area contributed by atoms with Crippen LogP contribution in [0.2, 0.25) is 0 Å². The van der Waals surface area contributed by atoms with E-state index in [1.807, 2.05) is 42.5 Å². The predicted octanol–water partition coefficient (Wildman–Crippen LogP) is 12.0. The van der Waals surface area contributed by atoms with Crippen LogP contribution in [0.3, 0.4) is 0 Å². The van der Waals surface area contributed by atoms with Crippen LogP contribution in [-0.4, -0.2) is 9.55 Å². The molecule has 0 amide bonds. The number of nitrogens with zero attached hydrogens (tertiary/aromatic N) is 2. The third-order valence-corrected chi connectivity index (χ3v) is 9.24. The molecule has 0 N–H and O–H groups in total. The SMILES string of the molecule is [2H]c1c([2H])c([2H])c(-c2c3ccccc3c(-c3ccc(-n4c(CC)nc5ccccc54)c4ccccc34)c3ccc(-c4ccccc4)cc23)c([2H])c1[2H]. The number of para-hydroxylation sites is 2. The van der Waals surface area contributed by atoms with Crippen LogP contribution in [0.5, 0.6) is 0 Å². The highest BCUT2D eigenvalue weighted by Gasteiger charge is 2.21. The van der Waals surface area contributed by atoms with Crippen molar-refractivity contribution in [1.82, 2.24) is 9.55 Å². The molecule has 1 aromatic heterocycles. The first kappa shape index (κ1) is 22.5. The van der Waals surface area contributed by atoms with Gasteiger partial charge in [0.1, 0.15) is 5.82 Å². The van der Waals surface area contributed by atoms with Gasteiger partial charge in [-0.25, -0.2) is 4.98 Å². The Kier molecular flexibility index (Phi) is 5.32. The minimum Gasteiger partial charge on any atom is -0.296 e. The van der Waals surface area contributed by atoms with Gasteiger partial charge in [0.2, 0.25) is 0 Å². The summed E-state index contributed by atoms with van der Waals surface area (Å²) in [6.45, 7) is 2.13. The molecule has 0 saturated carbocycles. The van der Waals surface area contributed by atoms with Crippen molar-refractivity contribution in [3.05, 3.63) is 169 Å². The van der Waals surface area contributed by atoms with E-state index in [0.717, 1.165) is 83.5 Å². The highest BCUT2D eigenvalue weighted by Crippen LogP contribution is 2.47. The van der Waals surface area contributed by atoms with Crippen LogP contribution in [0.1, 0.15) is 19.6 Å². The topological polar surface area (TPSA) is 17.8 Å². The largest absolute Gasteiger partial charge is 0.296 e. The van der Waals surface area contributed by atoms with Gasteiger partial charge in [0.25, 0.3) is 0 Å². The van der Waals surface area contributed by atoms with Crippen LogP contribution in [0.25, 0.3) is 82.4 Å². The lowest BCUT2D eigenvalue weighted by Crippen LogP contribution is -2.01. The fraction of sp³-hybridized carbons (Fsp3) is 0.0444. The predicted molar refractivity (Wildman–Crippen MR) is 199 cm³/mol. The van der Waals surface area contributed by atoms with E-state index in [-0.39, 0.29) is 29.7 Å². The van der Waals surface area contributed by atoms with Crippen molar-refractivity contribution in [1.29, 1.82) is 0 Å². The van der Waals surface area contributed by atoms with Crippen LogP contribution in [0.15, 0.2) is 164 Å². The van der Waals surface area contributed by atoms with Crippen LogP contribution >= 0.6 is 0 Å². The Morgan fingerprint density at radius 1 is 0.532 bits per heavy atom. The molecule has 0 radical (unpaired) electrons. The van der Waals surface area contributed by atoms with Gasteiger partial charge in [-0.1, -0.05) is 146 Å². The Bertz CT molecular complexity index is 2870. The summed E-state index contributed by atoms with van der Waals surface area (Å²) in [7, 11) is 0. The molecule has 1 heterocycles. The highest BCUT2D eigenvalue weighted by molar-refractivity contribution is 6.24. The second-order valence-electron chi connectivity index (χ2n) is 11.8. The van der Waals surface area contributed by atoms with Crippen molar-refractivity contribution in [2.75, 3.05) is 0 Å². The molecule has 0 saturated heterocycles. The van der Waals surface area contributed by atoms with Gasteiger partial charge in [0, 0.05) is 11.8 Å². The van der Waals surface area contributed by atoms with E-state index in [2.05, 4.69) is 102 Å². The molecule has 9 aromatic rings. The Morgan fingerprint density at radius 2 is 1.19 bits per heavy atom. The van der Waals surface area contributed by atoms with E-state index < -0.39 is 6.04 Å². The summed E-state index contributed by atoms with van der Waals surface area (Å²) < 4.78 is 45.9. The maximum absolute atomic E-state index is 9.07. The summed E-state index contributed by atoms with van der Waals surface area (Å²) >= 11 is 0. The van der Waals surface area contributed by atoms with E-state index in [1.165, 1.54) is 0 Å². The molecule has 0 atom stereocenters. The second kappa shape index (κ2) is 11.1. The maximum atomic E-state index is 9.07. The normalized spacial score (nSPS) is 13.1. The van der Waals surface area contributed by atoms with Gasteiger partial charge in [-0.2, -0.15) is 0 Å². The molecule has 0 aliphatic carbocycles. The van der Waals surface area contributed by atoms with Crippen molar-refractivity contribution in [2.24, 2.45) is 0 Å². The summed E-state index contributed by atoms with van der Waals surface area (Å²) in [6, 6.07) is 44.1. The second-order valence-corrected chi connectivity index (χ2v) is 11.8. The first-order chi connectivity index (χ1) is 25.4. The van der Waals surface area contributed by atoms with Crippen molar-refractivity contribution < 1.29 is 6.85 Å². The third kappa shape index (κ3) is 4.37. The van der Waals surface area contributed by atoms with Gasteiger partial charge in [-0.15, -0.1) is 0 Å². The Balaban J connectivity index is 1.43. The number of hydrogen-bond donors (Lipinski definition) is 0. The van der Waals surface area contributed by atoms with Crippen LogP contribution < -0.4 is 0 Å². The van der Waals surface area contributed by atoms with E-state index in [9.17, 15) is 0 Å². The summed E-state index contributed by atoms with van der Waals surface area (Å²) in [4.78, 5) is 4.97. The zero-order chi connectivity index (χ0) is 35.7. The van der Waals surface area contributed by atoms with Gasteiger partial charge in [-0.3, -0.25) is 4.57 Å². The Morgan fingerprint density at radius 3 is 1.98 bits per heavy atom. The quantitative estimate of drug-likeness (QED) is 0.178. The molecule has 222 valence electrons. The minimum absolute atomic E-state index is 0.197. The Labute approximate surface area is 281 Å². The fourth-order valence-electron chi connectivity index (χ4n) is 7.20. The molecule has 0 aliphatic heterocycles. The van der Waals surface area contributed by atoms with E-state index >= 15 is 0 Å². The average Bonchev–Trinajstić information content (AvgIpc) is 3.57. The molecular weight excluding hydrogens is 569 g/mol. The van der Waals surface area contributed by atoms with Gasteiger partial charge in [0.05, 0.1) is 23.6 Å². The standard InChI is InChI=1S/C45H32N2/c1-2-43-46-40-23-13-14-24-42(40)47(43)41-28-27-37(33-19-9-10-20-34(33)41)45-36-22-12-11-21-35(36)44(31-17-7-4-8-18-31)39-29-32(25-26-38(39)45)30-15-5-3-6-16-30/h3-29H,2H2,1H3/i4D,7D,8D,17D,18D. The minimum atomic E-state index is -0.405. The zero-order valence-electron chi connectivity index (χ0n) is 30.8. The molecule has 0 aliphatic rings. The van der Waals surface area contributed by atoms with Crippen molar-refractivity contribution in [2.45, 2.75) is 13.3 Å². The molecule has 9 rings (SSSR count). The van der Waals surface area contributed by atoms with Gasteiger partial charge >= 0.3 is 0 Å². The van der Waals surface area contributed by atoms with Crippen LogP contribution in [0, 0.1) is 0 Å². The summed E-state index contributed by atoms with van der Waals surface area (Å²) in [6.07, 6.45) is 0.780. The molecular formula is C45H32N2. The monoisotopic (exact) mass is 605 g/mol.